The van der Waals surface area contributed by atoms with Crippen LogP contribution in [0.1, 0.15) is 29.8 Å². The van der Waals surface area contributed by atoms with E-state index in [0.29, 0.717) is 12.3 Å². The van der Waals surface area contributed by atoms with Crippen LogP contribution in [0.25, 0.3) is 0 Å². The molecule has 2 N–H and O–H groups in total. The van der Waals surface area contributed by atoms with Crippen LogP contribution in [0.15, 0.2) is 10.6 Å². The van der Waals surface area contributed by atoms with E-state index in [-0.39, 0.29) is 11.5 Å². The monoisotopic (exact) mass is 168 g/mol. The Morgan fingerprint density at radius 2 is 2.50 bits per heavy atom. The second-order valence-electron chi connectivity index (χ2n) is 2.62. The van der Waals surface area contributed by atoms with Gasteiger partial charge in [0.15, 0.2) is 11.7 Å². The zero-order chi connectivity index (χ0) is 9.14. The van der Waals surface area contributed by atoms with E-state index in [4.69, 9.17) is 10.2 Å². The van der Waals surface area contributed by atoms with Gasteiger partial charge in [-0.1, -0.05) is 6.92 Å². The fraction of sp³-hybridized carbons (Fsp3) is 0.500. The fourth-order valence-corrected chi connectivity index (χ4v) is 0.843. The van der Waals surface area contributed by atoms with Gasteiger partial charge in [0.05, 0.1) is 12.2 Å². The van der Waals surface area contributed by atoms with Crippen molar-refractivity contribution in [1.29, 1.82) is 0 Å². The van der Waals surface area contributed by atoms with E-state index in [2.05, 4.69) is 4.98 Å². The molecule has 0 aliphatic rings. The summed E-state index contributed by atoms with van der Waals surface area (Å²) in [6, 6.07) is -0.475. The van der Waals surface area contributed by atoms with Gasteiger partial charge in [-0.2, -0.15) is 0 Å². The lowest BCUT2D eigenvalue weighted by Crippen LogP contribution is -2.29. The first kappa shape index (κ1) is 8.93. The first-order valence-electron chi connectivity index (χ1n) is 3.87. The van der Waals surface area contributed by atoms with Gasteiger partial charge in [-0.3, -0.25) is 4.79 Å². The molecule has 1 aromatic rings. The van der Waals surface area contributed by atoms with Crippen LogP contribution in [0.4, 0.5) is 0 Å². The van der Waals surface area contributed by atoms with Crippen molar-refractivity contribution < 1.29 is 9.21 Å². The van der Waals surface area contributed by atoms with Crippen LogP contribution in [-0.2, 0) is 0 Å². The Morgan fingerprint density at radius 3 is 2.92 bits per heavy atom. The molecule has 0 amide bonds. The smallest absolute Gasteiger partial charge is 0.216 e. The van der Waals surface area contributed by atoms with Crippen LogP contribution in [0.2, 0.25) is 0 Å². The van der Waals surface area contributed by atoms with Gasteiger partial charge in [-0.05, 0) is 6.42 Å². The highest BCUT2D eigenvalue weighted by Gasteiger charge is 2.17. The lowest BCUT2D eigenvalue weighted by atomic mass is 10.1. The number of hydrogen-bond acceptors (Lipinski definition) is 4. The minimum atomic E-state index is -0.475. The van der Waals surface area contributed by atoms with Gasteiger partial charge < -0.3 is 10.2 Å². The van der Waals surface area contributed by atoms with Gasteiger partial charge in [0.25, 0.3) is 0 Å². The van der Waals surface area contributed by atoms with Crippen LogP contribution < -0.4 is 5.73 Å². The lowest BCUT2D eigenvalue weighted by molar-refractivity contribution is 0.0931. The predicted octanol–water partition coefficient (Wildman–Crippen LogP) is 0.903. The van der Waals surface area contributed by atoms with E-state index in [0.717, 1.165) is 0 Å². The summed E-state index contributed by atoms with van der Waals surface area (Å²) in [5.41, 5.74) is 5.52. The zero-order valence-electron chi connectivity index (χ0n) is 7.20. The fourth-order valence-electron chi connectivity index (χ4n) is 0.843. The van der Waals surface area contributed by atoms with Gasteiger partial charge in [-0.25, -0.2) is 4.98 Å². The molecule has 12 heavy (non-hydrogen) atoms. The molecule has 0 aliphatic heterocycles. The highest BCUT2D eigenvalue weighted by molar-refractivity contribution is 5.97. The second kappa shape index (κ2) is 3.49. The number of carbonyl (C=O) groups is 1. The SMILES string of the molecule is CCC(N)C(=O)c1cnc(C)o1. The second-order valence-corrected chi connectivity index (χ2v) is 2.62. The maximum Gasteiger partial charge on any atom is 0.216 e. The van der Waals surface area contributed by atoms with Crippen molar-refractivity contribution in [3.05, 3.63) is 17.8 Å². The van der Waals surface area contributed by atoms with E-state index in [1.807, 2.05) is 6.92 Å². The van der Waals surface area contributed by atoms with Crippen molar-refractivity contribution in [3.63, 3.8) is 0 Å². The van der Waals surface area contributed by atoms with Crippen molar-refractivity contribution in [2.75, 3.05) is 0 Å². The Hall–Kier alpha value is -1.16. The van der Waals surface area contributed by atoms with E-state index >= 15 is 0 Å². The predicted molar refractivity (Wildman–Crippen MR) is 43.8 cm³/mol. The average Bonchev–Trinajstić information content (AvgIpc) is 2.49. The summed E-state index contributed by atoms with van der Waals surface area (Å²) < 4.78 is 5.03. The number of Topliss-reactive ketones (excluding diaryl/α,β-unsaturated/α-hetero) is 1. The zero-order valence-corrected chi connectivity index (χ0v) is 7.20. The Kier molecular flexibility index (Phi) is 2.60. The van der Waals surface area contributed by atoms with Crippen LogP contribution in [0.3, 0.4) is 0 Å². The molecule has 4 nitrogen and oxygen atoms in total. The molecular formula is C8H12N2O2. The Morgan fingerprint density at radius 1 is 1.83 bits per heavy atom. The number of nitrogens with zero attached hydrogens (tertiary/aromatic N) is 1. The summed E-state index contributed by atoms with van der Waals surface area (Å²) in [5.74, 6) is 0.557. The summed E-state index contributed by atoms with van der Waals surface area (Å²) in [7, 11) is 0. The average molecular weight is 168 g/mol. The van der Waals surface area contributed by atoms with Gasteiger partial charge in [0.1, 0.15) is 0 Å². The van der Waals surface area contributed by atoms with Gasteiger partial charge in [0.2, 0.25) is 5.78 Å². The van der Waals surface area contributed by atoms with Gasteiger partial charge in [0, 0.05) is 6.92 Å². The topological polar surface area (TPSA) is 69.1 Å². The standard InChI is InChI=1S/C8H12N2O2/c1-3-6(9)8(11)7-4-10-5(2)12-7/h4,6H,3,9H2,1-2H3. The van der Waals surface area contributed by atoms with Crippen LogP contribution in [0.5, 0.6) is 0 Å². The van der Waals surface area contributed by atoms with E-state index in [9.17, 15) is 4.79 Å². The molecule has 0 aromatic carbocycles. The van der Waals surface area contributed by atoms with Crippen LogP contribution in [-0.4, -0.2) is 16.8 Å². The van der Waals surface area contributed by atoms with Crippen molar-refractivity contribution in [2.45, 2.75) is 26.3 Å². The minimum Gasteiger partial charge on any atom is -0.438 e. The Labute approximate surface area is 70.8 Å². The maximum absolute atomic E-state index is 11.3. The molecule has 1 heterocycles. The molecule has 0 saturated heterocycles. The molecule has 1 atom stereocenters. The largest absolute Gasteiger partial charge is 0.438 e. The molecule has 0 bridgehead atoms. The molecule has 0 aliphatic carbocycles. The van der Waals surface area contributed by atoms with Crippen LogP contribution in [0, 0.1) is 6.92 Å². The molecule has 0 fully saturated rings. The third-order valence-electron chi connectivity index (χ3n) is 1.64. The first-order valence-corrected chi connectivity index (χ1v) is 3.87. The molecule has 0 saturated carbocycles. The Balaban J connectivity index is 2.78. The summed E-state index contributed by atoms with van der Waals surface area (Å²) in [6.45, 7) is 3.54. The number of rotatable bonds is 3. The van der Waals surface area contributed by atoms with E-state index in [1.54, 1.807) is 6.92 Å². The third kappa shape index (κ3) is 1.71. The molecular weight excluding hydrogens is 156 g/mol. The molecule has 1 unspecified atom stereocenters. The lowest BCUT2D eigenvalue weighted by Gasteiger charge is -2.02. The van der Waals surface area contributed by atoms with Crippen molar-refractivity contribution in [3.8, 4) is 0 Å². The van der Waals surface area contributed by atoms with Crippen molar-refractivity contribution in [2.24, 2.45) is 5.73 Å². The molecule has 4 heteroatoms. The number of ketones is 1. The highest BCUT2D eigenvalue weighted by atomic mass is 16.4. The van der Waals surface area contributed by atoms with Gasteiger partial charge in [-0.15, -0.1) is 0 Å². The maximum atomic E-state index is 11.3. The van der Waals surface area contributed by atoms with E-state index < -0.39 is 6.04 Å². The van der Waals surface area contributed by atoms with Crippen molar-refractivity contribution in [1.82, 2.24) is 4.98 Å². The number of aryl methyl sites for hydroxylation is 1. The highest BCUT2D eigenvalue weighted by Crippen LogP contribution is 2.06. The van der Waals surface area contributed by atoms with Crippen LogP contribution >= 0.6 is 0 Å². The number of carbonyl (C=O) groups excluding carboxylic acids is 1. The van der Waals surface area contributed by atoms with E-state index in [1.165, 1.54) is 6.20 Å². The first-order chi connectivity index (χ1) is 5.65. The molecule has 0 radical (unpaired) electrons. The number of hydrogen-bond donors (Lipinski definition) is 1. The molecule has 1 aromatic heterocycles. The summed E-state index contributed by atoms with van der Waals surface area (Å²) in [5, 5.41) is 0. The molecule has 66 valence electrons. The summed E-state index contributed by atoms with van der Waals surface area (Å²) >= 11 is 0. The molecule has 0 spiro atoms. The quantitative estimate of drug-likeness (QED) is 0.681. The summed E-state index contributed by atoms with van der Waals surface area (Å²) in [6.07, 6.45) is 2.02. The molecule has 1 rings (SSSR count). The minimum absolute atomic E-state index is 0.182. The number of oxazole rings is 1. The number of aromatic nitrogens is 1. The third-order valence-corrected chi connectivity index (χ3v) is 1.64. The van der Waals surface area contributed by atoms with Crippen molar-refractivity contribution >= 4 is 5.78 Å². The normalized spacial score (nSPS) is 12.9. The summed E-state index contributed by atoms with van der Waals surface area (Å²) in [4.78, 5) is 15.1. The van der Waals surface area contributed by atoms with Gasteiger partial charge >= 0.3 is 0 Å². The Bertz CT molecular complexity index is 280. The number of nitrogens with two attached hydrogens (primary N) is 1.